The van der Waals surface area contributed by atoms with Crippen molar-refractivity contribution < 1.29 is 9.53 Å². The van der Waals surface area contributed by atoms with Gasteiger partial charge in [0.1, 0.15) is 0 Å². The van der Waals surface area contributed by atoms with Crippen LogP contribution >= 0.6 is 24.0 Å². The molecule has 0 unspecified atom stereocenters. The van der Waals surface area contributed by atoms with E-state index in [4.69, 9.17) is 4.74 Å². The fraction of sp³-hybridized carbons (Fsp3) is 0.652. The molecule has 30 heavy (non-hydrogen) atoms. The van der Waals surface area contributed by atoms with Gasteiger partial charge in [0.15, 0.2) is 5.96 Å². The standard InChI is InChI=1S/C23H36N4O2.HI/c1-24-23(27-15-11-19(12-16-27)22(28)29-2)25-17-20-9-5-6-10-21(20)18-26-13-7-3-4-8-14-26;/h5-6,9-10,19H,3-4,7-8,11-18H2,1-2H3,(H,24,25);1H. The molecule has 1 N–H and O–H groups in total. The largest absolute Gasteiger partial charge is 0.469 e. The van der Waals surface area contributed by atoms with E-state index in [1.54, 1.807) is 0 Å². The van der Waals surface area contributed by atoms with Gasteiger partial charge in [0.05, 0.1) is 13.0 Å². The van der Waals surface area contributed by atoms with Crippen molar-refractivity contribution in [1.82, 2.24) is 15.1 Å². The van der Waals surface area contributed by atoms with Crippen LogP contribution in [0.2, 0.25) is 0 Å². The second-order valence-electron chi connectivity index (χ2n) is 8.14. The molecule has 2 aliphatic heterocycles. The third-order valence-corrected chi connectivity index (χ3v) is 6.19. The fourth-order valence-corrected chi connectivity index (χ4v) is 4.42. The molecule has 0 spiro atoms. The van der Waals surface area contributed by atoms with Gasteiger partial charge in [-0.05, 0) is 49.9 Å². The van der Waals surface area contributed by atoms with Crippen molar-refractivity contribution in [3.63, 3.8) is 0 Å². The first-order valence-electron chi connectivity index (χ1n) is 11.0. The molecule has 6 nitrogen and oxygen atoms in total. The van der Waals surface area contributed by atoms with Gasteiger partial charge in [-0.1, -0.05) is 37.1 Å². The maximum Gasteiger partial charge on any atom is 0.308 e. The molecule has 7 heteroatoms. The molecule has 0 amide bonds. The molecule has 0 aromatic heterocycles. The number of hydrogen-bond acceptors (Lipinski definition) is 4. The van der Waals surface area contributed by atoms with Crippen molar-refractivity contribution in [2.24, 2.45) is 10.9 Å². The molecule has 0 bridgehead atoms. The van der Waals surface area contributed by atoms with E-state index in [1.807, 2.05) is 7.05 Å². The number of esters is 1. The molecule has 0 saturated carbocycles. The number of aliphatic imine (C=N–C) groups is 1. The van der Waals surface area contributed by atoms with Gasteiger partial charge in [0, 0.05) is 33.2 Å². The summed E-state index contributed by atoms with van der Waals surface area (Å²) in [4.78, 5) is 21.1. The van der Waals surface area contributed by atoms with E-state index in [-0.39, 0.29) is 35.9 Å². The number of benzene rings is 1. The average Bonchev–Trinajstić information content (AvgIpc) is 3.04. The maximum absolute atomic E-state index is 11.8. The summed E-state index contributed by atoms with van der Waals surface area (Å²) in [6.07, 6.45) is 6.99. The quantitative estimate of drug-likeness (QED) is 0.274. The second-order valence-corrected chi connectivity index (χ2v) is 8.14. The Labute approximate surface area is 198 Å². The molecule has 0 aliphatic carbocycles. The lowest BCUT2D eigenvalue weighted by Crippen LogP contribution is -2.46. The number of nitrogens with zero attached hydrogens (tertiary/aromatic N) is 3. The van der Waals surface area contributed by atoms with Crippen molar-refractivity contribution in [3.8, 4) is 0 Å². The molecule has 1 aromatic rings. The average molecular weight is 528 g/mol. The minimum absolute atomic E-state index is 0. The van der Waals surface area contributed by atoms with Crippen molar-refractivity contribution in [2.75, 3.05) is 40.3 Å². The first kappa shape index (κ1) is 24.9. The fourth-order valence-electron chi connectivity index (χ4n) is 4.42. The summed E-state index contributed by atoms with van der Waals surface area (Å²) in [7, 11) is 3.30. The topological polar surface area (TPSA) is 57.2 Å². The smallest absolute Gasteiger partial charge is 0.308 e. The molecular formula is C23H37IN4O2. The van der Waals surface area contributed by atoms with E-state index in [0.717, 1.165) is 45.0 Å². The van der Waals surface area contributed by atoms with Crippen LogP contribution in [0.5, 0.6) is 0 Å². The first-order chi connectivity index (χ1) is 14.2. The lowest BCUT2D eigenvalue weighted by Gasteiger charge is -2.33. The van der Waals surface area contributed by atoms with Crippen LogP contribution < -0.4 is 5.32 Å². The molecule has 2 aliphatic rings. The third kappa shape index (κ3) is 7.11. The third-order valence-electron chi connectivity index (χ3n) is 6.19. The van der Waals surface area contributed by atoms with Crippen molar-refractivity contribution >= 4 is 35.9 Å². The van der Waals surface area contributed by atoms with Gasteiger partial charge in [-0.2, -0.15) is 0 Å². The molecule has 2 fully saturated rings. The number of nitrogens with one attached hydrogen (secondary N) is 1. The summed E-state index contributed by atoms with van der Waals surface area (Å²) in [6, 6.07) is 8.74. The van der Waals surface area contributed by atoms with Gasteiger partial charge in [-0.3, -0.25) is 14.7 Å². The number of methoxy groups -OCH3 is 1. The molecule has 168 valence electrons. The van der Waals surface area contributed by atoms with Crippen LogP contribution in [0.25, 0.3) is 0 Å². The minimum atomic E-state index is -0.0879. The van der Waals surface area contributed by atoms with E-state index < -0.39 is 0 Å². The molecular weight excluding hydrogens is 491 g/mol. The van der Waals surface area contributed by atoms with E-state index in [9.17, 15) is 4.79 Å². The predicted octanol–water partition coefficient (Wildman–Crippen LogP) is 3.64. The Bertz CT molecular complexity index is 682. The summed E-state index contributed by atoms with van der Waals surface area (Å²) >= 11 is 0. The number of ether oxygens (including phenoxy) is 1. The molecule has 2 saturated heterocycles. The Hall–Kier alpha value is -1.35. The Morgan fingerprint density at radius 3 is 2.30 bits per heavy atom. The minimum Gasteiger partial charge on any atom is -0.469 e. The van der Waals surface area contributed by atoms with Crippen LogP contribution in [0.4, 0.5) is 0 Å². The van der Waals surface area contributed by atoms with E-state index in [1.165, 1.54) is 57.0 Å². The maximum atomic E-state index is 11.8. The highest BCUT2D eigenvalue weighted by Crippen LogP contribution is 2.19. The summed E-state index contributed by atoms with van der Waals surface area (Å²) < 4.78 is 4.89. The van der Waals surface area contributed by atoms with Crippen LogP contribution in [0.15, 0.2) is 29.3 Å². The van der Waals surface area contributed by atoms with Crippen molar-refractivity contribution in [3.05, 3.63) is 35.4 Å². The number of carbonyl (C=O) groups is 1. The molecule has 2 heterocycles. The normalized spacial score (nSPS) is 19.0. The zero-order valence-electron chi connectivity index (χ0n) is 18.4. The van der Waals surface area contributed by atoms with E-state index in [2.05, 4.69) is 44.4 Å². The summed E-state index contributed by atoms with van der Waals surface area (Å²) in [5.74, 6) is 0.844. The van der Waals surface area contributed by atoms with Crippen molar-refractivity contribution in [2.45, 2.75) is 51.6 Å². The number of likely N-dealkylation sites (tertiary alicyclic amines) is 2. The molecule has 0 radical (unpaired) electrons. The van der Waals surface area contributed by atoms with Crippen LogP contribution in [-0.4, -0.2) is 62.1 Å². The zero-order valence-corrected chi connectivity index (χ0v) is 20.8. The Morgan fingerprint density at radius 1 is 1.07 bits per heavy atom. The molecule has 3 rings (SSSR count). The highest BCUT2D eigenvalue weighted by molar-refractivity contribution is 14.0. The van der Waals surface area contributed by atoms with E-state index in [0.29, 0.717) is 0 Å². The van der Waals surface area contributed by atoms with Gasteiger partial charge in [0.25, 0.3) is 0 Å². The number of carbonyl (C=O) groups excluding carboxylic acids is 1. The summed E-state index contributed by atoms with van der Waals surface area (Å²) in [5.41, 5.74) is 2.74. The monoisotopic (exact) mass is 528 g/mol. The van der Waals surface area contributed by atoms with Crippen molar-refractivity contribution in [1.29, 1.82) is 0 Å². The number of halogens is 1. The predicted molar refractivity (Wildman–Crippen MR) is 132 cm³/mol. The van der Waals surface area contributed by atoms with Crippen LogP contribution in [-0.2, 0) is 22.6 Å². The first-order valence-corrected chi connectivity index (χ1v) is 11.0. The highest BCUT2D eigenvalue weighted by atomic mass is 127. The van der Waals surface area contributed by atoms with Gasteiger partial charge in [-0.25, -0.2) is 0 Å². The second kappa shape index (κ2) is 13.1. The lowest BCUT2D eigenvalue weighted by molar-refractivity contribution is -0.146. The Morgan fingerprint density at radius 2 is 1.70 bits per heavy atom. The van der Waals surface area contributed by atoms with Crippen LogP contribution in [0.3, 0.4) is 0 Å². The lowest BCUT2D eigenvalue weighted by atomic mass is 9.97. The summed E-state index contributed by atoms with van der Waals surface area (Å²) in [6.45, 7) is 5.87. The SMILES string of the molecule is CN=C(NCc1ccccc1CN1CCCCCC1)N1CCC(C(=O)OC)CC1.I. The number of hydrogen-bond donors (Lipinski definition) is 1. The molecule has 1 aromatic carbocycles. The van der Waals surface area contributed by atoms with Gasteiger partial charge < -0.3 is 15.0 Å². The number of guanidine groups is 1. The van der Waals surface area contributed by atoms with E-state index >= 15 is 0 Å². The van der Waals surface area contributed by atoms with Gasteiger partial charge in [-0.15, -0.1) is 24.0 Å². The highest BCUT2D eigenvalue weighted by Gasteiger charge is 2.27. The Kier molecular flexibility index (Phi) is 10.9. The van der Waals surface area contributed by atoms with Gasteiger partial charge in [0.2, 0.25) is 0 Å². The number of rotatable bonds is 5. The van der Waals surface area contributed by atoms with Crippen LogP contribution in [0.1, 0.15) is 49.7 Å². The molecule has 0 atom stereocenters. The van der Waals surface area contributed by atoms with Crippen LogP contribution in [0, 0.1) is 5.92 Å². The van der Waals surface area contributed by atoms with Gasteiger partial charge >= 0.3 is 5.97 Å². The number of piperidine rings is 1. The summed E-state index contributed by atoms with van der Waals surface area (Å²) in [5, 5.41) is 3.54. The Balaban J connectivity index is 0.00000320. The zero-order chi connectivity index (χ0) is 20.5.